The first-order valence-corrected chi connectivity index (χ1v) is 10.3. The summed E-state index contributed by atoms with van der Waals surface area (Å²) in [6, 6.07) is 8.89. The summed E-state index contributed by atoms with van der Waals surface area (Å²) in [5, 5.41) is 27.3. The molecule has 0 saturated carbocycles. The van der Waals surface area contributed by atoms with E-state index in [0.717, 1.165) is 17.5 Å². The van der Waals surface area contributed by atoms with Gasteiger partial charge in [0.2, 0.25) is 4.96 Å². The van der Waals surface area contributed by atoms with Crippen LogP contribution in [0.25, 0.3) is 15.5 Å². The Morgan fingerprint density at radius 2 is 2.10 bits per heavy atom. The van der Waals surface area contributed by atoms with Gasteiger partial charge < -0.3 is 10.1 Å². The minimum absolute atomic E-state index is 0.0188. The van der Waals surface area contributed by atoms with Crippen molar-refractivity contribution < 1.29 is 14.5 Å². The van der Waals surface area contributed by atoms with Crippen molar-refractivity contribution in [1.82, 2.24) is 19.8 Å². The molecule has 0 atom stereocenters. The number of benzene rings is 2. The summed E-state index contributed by atoms with van der Waals surface area (Å²) in [6.45, 7) is 1.97. The molecule has 4 rings (SSSR count). The van der Waals surface area contributed by atoms with Gasteiger partial charge in [0.15, 0.2) is 5.82 Å². The second kappa shape index (κ2) is 8.28. The molecular formula is C19H15ClN6O4S. The summed E-state index contributed by atoms with van der Waals surface area (Å²) in [5.41, 5.74) is 0.851. The van der Waals surface area contributed by atoms with E-state index < -0.39 is 10.8 Å². The Hall–Kier alpha value is -3.57. The van der Waals surface area contributed by atoms with Crippen molar-refractivity contribution in [2.45, 2.75) is 13.3 Å². The van der Waals surface area contributed by atoms with Gasteiger partial charge in [-0.25, -0.2) is 0 Å². The average Bonchev–Trinajstić information content (AvgIpc) is 3.34. The lowest BCUT2D eigenvalue weighted by molar-refractivity contribution is -0.384. The number of nitrogens with one attached hydrogen (secondary N) is 1. The van der Waals surface area contributed by atoms with Crippen LogP contribution in [0.4, 0.5) is 11.4 Å². The number of anilines is 1. The van der Waals surface area contributed by atoms with E-state index >= 15 is 0 Å². The molecule has 0 bridgehead atoms. The Labute approximate surface area is 184 Å². The monoisotopic (exact) mass is 458 g/mol. The highest BCUT2D eigenvalue weighted by Crippen LogP contribution is 2.33. The van der Waals surface area contributed by atoms with Gasteiger partial charge in [0.1, 0.15) is 10.8 Å². The van der Waals surface area contributed by atoms with Crippen LogP contribution in [-0.4, -0.2) is 37.8 Å². The van der Waals surface area contributed by atoms with Crippen molar-refractivity contribution in [2.24, 2.45) is 0 Å². The van der Waals surface area contributed by atoms with E-state index in [0.29, 0.717) is 27.8 Å². The fourth-order valence-electron chi connectivity index (χ4n) is 2.92. The van der Waals surface area contributed by atoms with Crippen LogP contribution in [0.5, 0.6) is 5.75 Å². The number of halogens is 1. The van der Waals surface area contributed by atoms with Gasteiger partial charge in [-0.05, 0) is 24.3 Å². The largest absolute Gasteiger partial charge is 0.495 e. The van der Waals surface area contributed by atoms with Crippen LogP contribution in [0.1, 0.15) is 23.1 Å². The molecule has 0 aliphatic rings. The SMILES string of the molecule is CCc1nnc2sc(-c3ccc(OC)c(NC(=O)c4cc([N+](=O)[O-])ccc4Cl)c3)nn12. The first-order chi connectivity index (χ1) is 14.9. The van der Waals surface area contributed by atoms with Crippen molar-refractivity contribution >= 4 is 45.2 Å². The number of methoxy groups -OCH3 is 1. The third kappa shape index (κ3) is 3.92. The predicted molar refractivity (Wildman–Crippen MR) is 116 cm³/mol. The summed E-state index contributed by atoms with van der Waals surface area (Å²) in [7, 11) is 1.47. The zero-order chi connectivity index (χ0) is 22.1. The normalized spacial score (nSPS) is 10.9. The molecule has 31 heavy (non-hydrogen) atoms. The number of nitro benzene ring substituents is 1. The molecule has 12 heteroatoms. The number of aromatic nitrogens is 4. The van der Waals surface area contributed by atoms with Gasteiger partial charge in [-0.1, -0.05) is 29.9 Å². The molecule has 0 saturated heterocycles. The zero-order valence-corrected chi connectivity index (χ0v) is 17.9. The van der Waals surface area contributed by atoms with Crippen LogP contribution in [0.2, 0.25) is 5.02 Å². The summed E-state index contributed by atoms with van der Waals surface area (Å²) in [4.78, 5) is 23.9. The van der Waals surface area contributed by atoms with Gasteiger partial charge in [-0.2, -0.15) is 9.61 Å². The quantitative estimate of drug-likeness (QED) is 0.338. The van der Waals surface area contributed by atoms with Gasteiger partial charge in [0, 0.05) is 24.1 Å². The molecule has 158 valence electrons. The summed E-state index contributed by atoms with van der Waals surface area (Å²) in [6.07, 6.45) is 0.693. The topological polar surface area (TPSA) is 125 Å². The van der Waals surface area contributed by atoms with Gasteiger partial charge in [0.05, 0.1) is 28.3 Å². The zero-order valence-electron chi connectivity index (χ0n) is 16.3. The molecule has 1 amide bonds. The minimum atomic E-state index is -0.601. The lowest BCUT2D eigenvalue weighted by atomic mass is 10.1. The van der Waals surface area contributed by atoms with Gasteiger partial charge in [-0.3, -0.25) is 14.9 Å². The number of ether oxygens (including phenoxy) is 1. The minimum Gasteiger partial charge on any atom is -0.495 e. The first kappa shape index (κ1) is 20.7. The van der Waals surface area contributed by atoms with Crippen LogP contribution >= 0.6 is 22.9 Å². The highest BCUT2D eigenvalue weighted by molar-refractivity contribution is 7.19. The highest BCUT2D eigenvalue weighted by Gasteiger charge is 2.19. The molecule has 0 fully saturated rings. The first-order valence-electron chi connectivity index (χ1n) is 9.06. The molecular weight excluding hydrogens is 444 g/mol. The number of non-ortho nitro benzene ring substituents is 1. The maximum atomic E-state index is 12.8. The van der Waals surface area contributed by atoms with E-state index in [1.807, 2.05) is 13.0 Å². The number of hydrogen-bond donors (Lipinski definition) is 1. The molecule has 0 aliphatic carbocycles. The number of fused-ring (bicyclic) bond motifs is 1. The standard InChI is InChI=1S/C19H15ClN6O4S/c1-3-16-22-23-19-25(16)24-18(31-19)10-4-7-15(30-2)14(8-10)21-17(27)12-9-11(26(28)29)5-6-13(12)20/h4-9H,3H2,1-2H3,(H,21,27). The smallest absolute Gasteiger partial charge is 0.270 e. The number of nitrogens with zero attached hydrogens (tertiary/aromatic N) is 5. The number of amides is 1. The Morgan fingerprint density at radius 3 is 2.81 bits per heavy atom. The third-order valence-corrected chi connectivity index (χ3v) is 5.75. The van der Waals surface area contributed by atoms with Crippen LogP contribution in [0.3, 0.4) is 0 Å². The molecule has 0 radical (unpaired) electrons. The molecule has 2 aromatic heterocycles. The summed E-state index contributed by atoms with van der Waals surface area (Å²) >= 11 is 7.45. The van der Waals surface area contributed by atoms with Crippen LogP contribution in [0, 0.1) is 10.1 Å². The number of aryl methyl sites for hydroxylation is 1. The number of rotatable bonds is 6. The van der Waals surface area contributed by atoms with E-state index in [-0.39, 0.29) is 16.3 Å². The maximum absolute atomic E-state index is 12.8. The Bertz CT molecular complexity index is 1320. The van der Waals surface area contributed by atoms with Gasteiger partial charge in [0.25, 0.3) is 11.6 Å². The van der Waals surface area contributed by atoms with Crippen molar-refractivity contribution in [3.8, 4) is 16.3 Å². The van der Waals surface area contributed by atoms with E-state index in [4.69, 9.17) is 16.3 Å². The molecule has 0 unspecified atom stereocenters. The molecule has 0 aliphatic heterocycles. The number of nitro groups is 1. The van der Waals surface area contributed by atoms with Crippen molar-refractivity contribution in [3.05, 3.63) is 62.9 Å². The fraction of sp³-hybridized carbons (Fsp3) is 0.158. The summed E-state index contributed by atoms with van der Waals surface area (Å²) < 4.78 is 7.03. The van der Waals surface area contributed by atoms with Crippen LogP contribution in [0.15, 0.2) is 36.4 Å². The van der Waals surface area contributed by atoms with Crippen LogP contribution in [-0.2, 0) is 6.42 Å². The molecule has 4 aromatic rings. The Kier molecular flexibility index (Phi) is 5.53. The molecule has 2 aromatic carbocycles. The number of carbonyl (C=O) groups is 1. The van der Waals surface area contributed by atoms with Crippen molar-refractivity contribution in [2.75, 3.05) is 12.4 Å². The number of carbonyl (C=O) groups excluding carboxylic acids is 1. The second-order valence-electron chi connectivity index (χ2n) is 6.36. The molecule has 10 nitrogen and oxygen atoms in total. The highest BCUT2D eigenvalue weighted by atomic mass is 35.5. The second-order valence-corrected chi connectivity index (χ2v) is 7.72. The lowest BCUT2D eigenvalue weighted by Gasteiger charge is -2.12. The average molecular weight is 459 g/mol. The van der Waals surface area contributed by atoms with Gasteiger partial charge >= 0.3 is 0 Å². The Morgan fingerprint density at radius 1 is 1.29 bits per heavy atom. The van der Waals surface area contributed by atoms with Gasteiger partial charge in [-0.15, -0.1) is 10.2 Å². The van der Waals surface area contributed by atoms with E-state index in [9.17, 15) is 14.9 Å². The Balaban J connectivity index is 1.69. The molecule has 0 spiro atoms. The van der Waals surface area contributed by atoms with Crippen molar-refractivity contribution in [3.63, 3.8) is 0 Å². The molecule has 1 N–H and O–H groups in total. The van der Waals surface area contributed by atoms with Crippen molar-refractivity contribution in [1.29, 1.82) is 0 Å². The van der Waals surface area contributed by atoms with E-state index in [1.165, 1.54) is 30.6 Å². The van der Waals surface area contributed by atoms with E-state index in [1.54, 1.807) is 16.6 Å². The molecule has 2 heterocycles. The predicted octanol–water partition coefficient (Wildman–Crippen LogP) is 4.24. The fourth-order valence-corrected chi connectivity index (χ4v) is 3.98. The third-order valence-electron chi connectivity index (χ3n) is 4.47. The van der Waals surface area contributed by atoms with Crippen LogP contribution < -0.4 is 10.1 Å². The maximum Gasteiger partial charge on any atom is 0.270 e. The van der Waals surface area contributed by atoms with E-state index in [2.05, 4.69) is 20.6 Å². The lowest BCUT2D eigenvalue weighted by Crippen LogP contribution is -2.13. The summed E-state index contributed by atoms with van der Waals surface area (Å²) in [5.74, 6) is 0.561. The number of hydrogen-bond acceptors (Lipinski definition) is 8.